The van der Waals surface area contributed by atoms with Gasteiger partial charge in [0, 0.05) is 32.0 Å². The molecule has 1 fully saturated rings. The molecule has 1 aliphatic rings. The van der Waals surface area contributed by atoms with Crippen molar-refractivity contribution in [3.05, 3.63) is 52.4 Å². The average molecular weight is 529 g/mol. The van der Waals surface area contributed by atoms with Gasteiger partial charge in [0.25, 0.3) is 12.3 Å². The maximum atomic E-state index is 14.9. The zero-order chi connectivity index (χ0) is 26.1. The number of hydrogen-bond acceptors (Lipinski definition) is 8. The van der Waals surface area contributed by atoms with Crippen LogP contribution in [0.1, 0.15) is 52.8 Å². The molecule has 1 amide bonds. The minimum atomic E-state index is -2.67. The highest BCUT2D eigenvalue weighted by Gasteiger charge is 2.30. The summed E-state index contributed by atoms with van der Waals surface area (Å²) in [5.41, 5.74) is 1.33. The molecule has 0 radical (unpaired) electrons. The molecule has 1 N–H and O–H groups in total. The van der Waals surface area contributed by atoms with Crippen molar-refractivity contribution < 1.29 is 18.0 Å². The lowest BCUT2D eigenvalue weighted by Gasteiger charge is -2.31. The fourth-order valence-electron chi connectivity index (χ4n) is 4.55. The van der Waals surface area contributed by atoms with Gasteiger partial charge in [0.05, 0.1) is 16.6 Å². The van der Waals surface area contributed by atoms with E-state index in [4.69, 9.17) is 0 Å². The summed E-state index contributed by atoms with van der Waals surface area (Å²) in [6, 6.07) is 5.96. The van der Waals surface area contributed by atoms with E-state index in [1.165, 1.54) is 11.1 Å². The largest absolute Gasteiger partial charge is 0.347 e. The summed E-state index contributed by atoms with van der Waals surface area (Å²) in [6.45, 7) is 3.51. The standard InChI is InChI=1S/C24H23F3N8OS/c1-28-34(2)24-30-11-17-21(33-24)35(20(32-17)15-8-3-4-9-16(15)25)14-7-5-6-13(10-14)31-22(36)23-29-12-18(37-23)19(26)27/h3-4,8-9,11-14,19H,1,5-7,10H2,2H3,(H,31,36). The number of anilines is 1. The molecule has 3 aromatic heterocycles. The van der Waals surface area contributed by atoms with Crippen LogP contribution in [0.15, 0.2) is 41.8 Å². The molecule has 37 heavy (non-hydrogen) atoms. The van der Waals surface area contributed by atoms with Crippen LogP contribution < -0.4 is 10.3 Å². The van der Waals surface area contributed by atoms with Crippen LogP contribution in [0.3, 0.4) is 0 Å². The zero-order valence-electron chi connectivity index (χ0n) is 19.8. The van der Waals surface area contributed by atoms with Crippen LogP contribution in [-0.4, -0.2) is 50.2 Å². The van der Waals surface area contributed by atoms with E-state index in [0.717, 1.165) is 19.0 Å². The highest BCUT2D eigenvalue weighted by molar-refractivity contribution is 7.13. The van der Waals surface area contributed by atoms with Gasteiger partial charge in [-0.1, -0.05) is 12.1 Å². The molecule has 2 unspecified atom stereocenters. The van der Waals surface area contributed by atoms with Crippen molar-refractivity contribution in [1.82, 2.24) is 29.8 Å². The van der Waals surface area contributed by atoms with E-state index < -0.39 is 18.1 Å². The second kappa shape index (κ2) is 10.2. The van der Waals surface area contributed by atoms with E-state index in [1.54, 1.807) is 31.4 Å². The molecule has 2 atom stereocenters. The monoisotopic (exact) mass is 528 g/mol. The number of halogens is 3. The first-order valence-electron chi connectivity index (χ1n) is 11.6. The maximum absolute atomic E-state index is 14.9. The molecule has 5 rings (SSSR count). The predicted molar refractivity (Wildman–Crippen MR) is 134 cm³/mol. The van der Waals surface area contributed by atoms with E-state index in [9.17, 15) is 18.0 Å². The molecule has 1 aliphatic carbocycles. The Morgan fingerprint density at radius 1 is 1.24 bits per heavy atom. The molecule has 1 aromatic carbocycles. The van der Waals surface area contributed by atoms with E-state index in [2.05, 4.69) is 37.1 Å². The van der Waals surface area contributed by atoms with Crippen LogP contribution in [0.25, 0.3) is 22.6 Å². The summed E-state index contributed by atoms with van der Waals surface area (Å²) in [6.07, 6.45) is 2.66. The smallest absolute Gasteiger partial charge is 0.280 e. The van der Waals surface area contributed by atoms with Crippen molar-refractivity contribution in [2.45, 2.75) is 44.2 Å². The number of hydrazone groups is 1. The van der Waals surface area contributed by atoms with Gasteiger partial charge in [0.15, 0.2) is 10.7 Å². The molecule has 4 aromatic rings. The number of alkyl halides is 2. The van der Waals surface area contributed by atoms with Crippen LogP contribution in [0.2, 0.25) is 0 Å². The van der Waals surface area contributed by atoms with Crippen molar-refractivity contribution in [1.29, 1.82) is 0 Å². The van der Waals surface area contributed by atoms with Gasteiger partial charge in [-0.15, -0.1) is 11.3 Å². The van der Waals surface area contributed by atoms with Gasteiger partial charge in [-0.3, -0.25) is 4.79 Å². The normalized spacial score (nSPS) is 17.8. The Balaban J connectivity index is 1.50. The number of nitrogens with one attached hydrogen (secondary N) is 1. The number of imidazole rings is 1. The number of rotatable bonds is 7. The van der Waals surface area contributed by atoms with E-state index in [-0.39, 0.29) is 22.0 Å². The Labute approximate surface area is 214 Å². The highest BCUT2D eigenvalue weighted by Crippen LogP contribution is 2.36. The molecule has 0 bridgehead atoms. The van der Waals surface area contributed by atoms with Crippen LogP contribution in [0, 0.1) is 5.82 Å². The molecule has 192 valence electrons. The first kappa shape index (κ1) is 24.8. The summed E-state index contributed by atoms with van der Waals surface area (Å²) in [7, 11) is 1.66. The third-order valence-corrected chi connectivity index (χ3v) is 7.32. The Kier molecular flexibility index (Phi) is 6.87. The number of carbonyl (C=O) groups is 1. The van der Waals surface area contributed by atoms with Gasteiger partial charge >= 0.3 is 0 Å². The lowest BCUT2D eigenvalue weighted by molar-refractivity contribution is 0.0920. The Hall–Kier alpha value is -3.87. The number of thiazole rings is 1. The first-order chi connectivity index (χ1) is 17.9. The Bertz CT molecular complexity index is 1460. The lowest BCUT2D eigenvalue weighted by atomic mass is 9.90. The second-order valence-corrected chi connectivity index (χ2v) is 9.75. The minimum absolute atomic E-state index is 0.00473. The number of aromatic nitrogens is 5. The van der Waals surface area contributed by atoms with E-state index >= 15 is 0 Å². The van der Waals surface area contributed by atoms with Gasteiger partial charge in [-0.2, -0.15) is 10.1 Å². The third-order valence-electron chi connectivity index (χ3n) is 6.32. The van der Waals surface area contributed by atoms with Crippen molar-refractivity contribution in [2.75, 3.05) is 12.1 Å². The fourth-order valence-corrected chi connectivity index (χ4v) is 5.22. The van der Waals surface area contributed by atoms with Crippen molar-refractivity contribution >= 4 is 41.1 Å². The molecule has 1 saturated carbocycles. The minimum Gasteiger partial charge on any atom is -0.347 e. The highest BCUT2D eigenvalue weighted by atomic mass is 32.1. The van der Waals surface area contributed by atoms with Crippen LogP contribution in [0.5, 0.6) is 0 Å². The summed E-state index contributed by atoms with van der Waals surface area (Å²) in [5, 5.41) is 8.19. The molecule has 0 spiro atoms. The molecule has 0 saturated heterocycles. The zero-order valence-corrected chi connectivity index (χ0v) is 20.6. The van der Waals surface area contributed by atoms with Gasteiger partial charge in [0.1, 0.15) is 17.2 Å². The predicted octanol–water partition coefficient (Wildman–Crippen LogP) is 4.99. The van der Waals surface area contributed by atoms with E-state index in [0.29, 0.717) is 52.7 Å². The average Bonchev–Trinajstić information content (AvgIpc) is 3.54. The SMILES string of the molecule is C=NN(C)c1ncc2nc(-c3ccccc3F)n(C3CCCC(NC(=O)c4ncc(C(F)F)s4)C3)c2n1. The maximum Gasteiger partial charge on any atom is 0.280 e. The number of hydrogen-bond donors (Lipinski definition) is 1. The second-order valence-electron chi connectivity index (χ2n) is 8.69. The number of fused-ring (bicyclic) bond motifs is 1. The molecular weight excluding hydrogens is 505 g/mol. The first-order valence-corrected chi connectivity index (χ1v) is 12.4. The topological polar surface area (TPSA) is 101 Å². The van der Waals surface area contributed by atoms with Crippen LogP contribution in [-0.2, 0) is 0 Å². The fraction of sp³-hybridized carbons (Fsp3) is 0.333. The van der Waals surface area contributed by atoms with Gasteiger partial charge in [0.2, 0.25) is 5.95 Å². The summed E-state index contributed by atoms with van der Waals surface area (Å²) in [5.74, 6) is -0.192. The van der Waals surface area contributed by atoms with Crippen LogP contribution in [0.4, 0.5) is 19.1 Å². The third kappa shape index (κ3) is 4.90. The summed E-state index contributed by atoms with van der Waals surface area (Å²) >= 11 is 0.680. The number of benzene rings is 1. The number of nitrogens with zero attached hydrogens (tertiary/aromatic N) is 7. The Morgan fingerprint density at radius 3 is 2.78 bits per heavy atom. The molecule has 0 aliphatic heterocycles. The van der Waals surface area contributed by atoms with Crippen molar-refractivity contribution in [3.8, 4) is 11.4 Å². The van der Waals surface area contributed by atoms with Gasteiger partial charge in [-0.25, -0.2) is 33.1 Å². The van der Waals surface area contributed by atoms with Gasteiger partial charge < -0.3 is 9.88 Å². The van der Waals surface area contributed by atoms with Gasteiger partial charge in [-0.05, 0) is 37.8 Å². The van der Waals surface area contributed by atoms with Crippen molar-refractivity contribution in [3.63, 3.8) is 0 Å². The number of amides is 1. The molecule has 3 heterocycles. The van der Waals surface area contributed by atoms with Crippen molar-refractivity contribution in [2.24, 2.45) is 5.10 Å². The summed E-state index contributed by atoms with van der Waals surface area (Å²) in [4.78, 5) is 29.9. The van der Waals surface area contributed by atoms with E-state index in [1.807, 2.05) is 4.57 Å². The molecule has 9 nitrogen and oxygen atoms in total. The van der Waals surface area contributed by atoms with Crippen LogP contribution >= 0.6 is 11.3 Å². The quantitative estimate of drug-likeness (QED) is 0.268. The lowest BCUT2D eigenvalue weighted by Crippen LogP contribution is -2.39. The molecule has 13 heteroatoms. The number of carbonyl (C=O) groups excluding carboxylic acids is 1. The Morgan fingerprint density at radius 2 is 2.05 bits per heavy atom. The summed E-state index contributed by atoms with van der Waals surface area (Å²) < 4.78 is 42.6. The molecular formula is C24H23F3N8OS.